The third-order valence-corrected chi connectivity index (χ3v) is 4.42. The van der Waals surface area contributed by atoms with Crippen molar-refractivity contribution in [3.05, 3.63) is 86.8 Å². The van der Waals surface area contributed by atoms with Gasteiger partial charge in [-0.25, -0.2) is 4.98 Å². The Bertz CT molecular complexity index is 842. The number of aromatic nitrogens is 1. The van der Waals surface area contributed by atoms with Crippen LogP contribution in [0.4, 0.5) is 0 Å². The largest absolute Gasteiger partial charge is 0.487 e. The number of ether oxygens (including phenoxy) is 1. The van der Waals surface area contributed by atoms with E-state index < -0.39 is 0 Å². The van der Waals surface area contributed by atoms with E-state index in [4.69, 9.17) is 4.74 Å². The molecule has 0 aliphatic rings. The Morgan fingerprint density at radius 2 is 2.04 bits per heavy atom. The zero-order chi connectivity index (χ0) is 16.8. The number of halogens is 1. The predicted molar refractivity (Wildman–Crippen MR) is 100 cm³/mol. The van der Waals surface area contributed by atoms with Crippen molar-refractivity contribution in [2.75, 3.05) is 0 Å². The molecule has 0 atom stereocenters. The van der Waals surface area contributed by atoms with E-state index in [-0.39, 0.29) is 5.78 Å². The van der Waals surface area contributed by atoms with Gasteiger partial charge in [0, 0.05) is 15.4 Å². The SMILES string of the molecule is O=C(/C=C/c1ccc(OCc2cscn2)cc1)c1cccc(Br)c1. The molecule has 2 aromatic carbocycles. The first-order chi connectivity index (χ1) is 11.7. The van der Waals surface area contributed by atoms with E-state index in [0.29, 0.717) is 12.2 Å². The van der Waals surface area contributed by atoms with E-state index in [1.54, 1.807) is 35.1 Å². The molecule has 0 aliphatic carbocycles. The van der Waals surface area contributed by atoms with Crippen molar-refractivity contribution < 1.29 is 9.53 Å². The van der Waals surface area contributed by atoms with E-state index >= 15 is 0 Å². The molecular formula is C19H14BrNO2S. The summed E-state index contributed by atoms with van der Waals surface area (Å²) in [7, 11) is 0. The summed E-state index contributed by atoms with van der Waals surface area (Å²) in [6.45, 7) is 0.458. The van der Waals surface area contributed by atoms with Crippen molar-refractivity contribution in [3.8, 4) is 5.75 Å². The molecule has 0 aliphatic heterocycles. The summed E-state index contributed by atoms with van der Waals surface area (Å²) in [4.78, 5) is 16.3. The Kier molecular flexibility index (Phi) is 5.56. The fourth-order valence-electron chi connectivity index (χ4n) is 2.05. The third-order valence-electron chi connectivity index (χ3n) is 3.29. The first-order valence-corrected chi connectivity index (χ1v) is 9.02. The number of thiazole rings is 1. The number of rotatable bonds is 6. The van der Waals surface area contributed by atoms with Gasteiger partial charge in [-0.3, -0.25) is 4.79 Å². The second kappa shape index (κ2) is 8.04. The second-order valence-electron chi connectivity index (χ2n) is 5.05. The molecule has 3 rings (SSSR count). The Balaban J connectivity index is 1.60. The molecule has 0 spiro atoms. The van der Waals surface area contributed by atoms with Crippen molar-refractivity contribution in [3.63, 3.8) is 0 Å². The molecule has 0 saturated carbocycles. The van der Waals surface area contributed by atoms with Crippen LogP contribution in [0, 0.1) is 0 Å². The monoisotopic (exact) mass is 399 g/mol. The van der Waals surface area contributed by atoms with Crippen LogP contribution in [0.2, 0.25) is 0 Å². The second-order valence-corrected chi connectivity index (χ2v) is 6.68. The molecule has 0 N–H and O–H groups in total. The van der Waals surface area contributed by atoms with Crippen LogP contribution in [0.15, 0.2) is 70.0 Å². The van der Waals surface area contributed by atoms with Crippen molar-refractivity contribution >= 4 is 39.1 Å². The minimum atomic E-state index is -0.0276. The van der Waals surface area contributed by atoms with Crippen molar-refractivity contribution in [1.29, 1.82) is 0 Å². The number of carbonyl (C=O) groups excluding carboxylic acids is 1. The highest BCUT2D eigenvalue weighted by atomic mass is 79.9. The average molecular weight is 400 g/mol. The van der Waals surface area contributed by atoms with Gasteiger partial charge in [0.05, 0.1) is 11.2 Å². The maximum Gasteiger partial charge on any atom is 0.185 e. The molecular weight excluding hydrogens is 386 g/mol. The maximum atomic E-state index is 12.1. The fourth-order valence-corrected chi connectivity index (χ4v) is 2.99. The Labute approximate surface area is 152 Å². The first kappa shape index (κ1) is 16.6. The van der Waals surface area contributed by atoms with Gasteiger partial charge < -0.3 is 4.74 Å². The lowest BCUT2D eigenvalue weighted by Crippen LogP contribution is -1.95. The topological polar surface area (TPSA) is 39.2 Å². The lowest BCUT2D eigenvalue weighted by atomic mass is 10.1. The van der Waals surface area contributed by atoms with Crippen molar-refractivity contribution in [2.45, 2.75) is 6.61 Å². The zero-order valence-corrected chi connectivity index (χ0v) is 15.1. The number of allylic oxidation sites excluding steroid dienone is 1. The van der Waals surface area contributed by atoms with Crippen LogP contribution in [0.25, 0.3) is 6.08 Å². The van der Waals surface area contributed by atoms with Crippen molar-refractivity contribution in [1.82, 2.24) is 4.98 Å². The molecule has 0 unspecified atom stereocenters. The van der Waals surface area contributed by atoms with Gasteiger partial charge >= 0.3 is 0 Å². The van der Waals surface area contributed by atoms with Gasteiger partial charge in [0.2, 0.25) is 0 Å². The first-order valence-electron chi connectivity index (χ1n) is 7.28. The Morgan fingerprint density at radius 3 is 2.75 bits per heavy atom. The highest BCUT2D eigenvalue weighted by Crippen LogP contribution is 2.16. The molecule has 0 fully saturated rings. The number of ketones is 1. The Morgan fingerprint density at radius 1 is 1.21 bits per heavy atom. The molecule has 3 aromatic rings. The van der Waals surface area contributed by atoms with Gasteiger partial charge in [-0.05, 0) is 35.9 Å². The molecule has 1 heterocycles. The van der Waals surface area contributed by atoms with Crippen LogP contribution in [0.3, 0.4) is 0 Å². The molecule has 0 bridgehead atoms. The van der Waals surface area contributed by atoms with Crippen LogP contribution in [0.1, 0.15) is 21.6 Å². The minimum Gasteiger partial charge on any atom is -0.487 e. The van der Waals surface area contributed by atoms with Crippen LogP contribution in [-0.4, -0.2) is 10.8 Å². The summed E-state index contributed by atoms with van der Waals surface area (Å²) in [6.07, 6.45) is 3.38. The number of carbonyl (C=O) groups is 1. The Hall–Kier alpha value is -2.24. The number of benzene rings is 2. The summed E-state index contributed by atoms with van der Waals surface area (Å²) in [5, 5.41) is 1.96. The highest BCUT2D eigenvalue weighted by Gasteiger charge is 2.02. The molecule has 0 saturated heterocycles. The van der Waals surface area contributed by atoms with Crippen molar-refractivity contribution in [2.24, 2.45) is 0 Å². The smallest absolute Gasteiger partial charge is 0.185 e. The van der Waals surface area contributed by atoms with E-state index in [1.165, 1.54) is 0 Å². The lowest BCUT2D eigenvalue weighted by Gasteiger charge is -2.04. The maximum absolute atomic E-state index is 12.1. The minimum absolute atomic E-state index is 0.0276. The molecule has 24 heavy (non-hydrogen) atoms. The summed E-state index contributed by atoms with van der Waals surface area (Å²) in [5.74, 6) is 0.749. The summed E-state index contributed by atoms with van der Waals surface area (Å²) in [6, 6.07) is 15.0. The molecule has 120 valence electrons. The van der Waals surface area contributed by atoms with Gasteiger partial charge in [-0.1, -0.05) is 46.3 Å². The summed E-state index contributed by atoms with van der Waals surface area (Å²) >= 11 is 4.92. The normalized spacial score (nSPS) is 10.9. The highest BCUT2D eigenvalue weighted by molar-refractivity contribution is 9.10. The van der Waals surface area contributed by atoms with Gasteiger partial charge in [0.25, 0.3) is 0 Å². The van der Waals surface area contributed by atoms with Crippen LogP contribution in [0.5, 0.6) is 5.75 Å². The zero-order valence-electron chi connectivity index (χ0n) is 12.7. The van der Waals surface area contributed by atoms with E-state index in [0.717, 1.165) is 21.5 Å². The van der Waals surface area contributed by atoms with Gasteiger partial charge in [0.1, 0.15) is 12.4 Å². The van der Waals surface area contributed by atoms with E-state index in [2.05, 4.69) is 20.9 Å². The van der Waals surface area contributed by atoms with Crippen LogP contribution >= 0.6 is 27.3 Å². The molecule has 3 nitrogen and oxygen atoms in total. The van der Waals surface area contributed by atoms with Crippen LogP contribution in [-0.2, 0) is 6.61 Å². The number of hydrogen-bond acceptors (Lipinski definition) is 4. The van der Waals surface area contributed by atoms with Gasteiger partial charge in [0.15, 0.2) is 5.78 Å². The number of hydrogen-bond donors (Lipinski definition) is 0. The quantitative estimate of drug-likeness (QED) is 0.412. The lowest BCUT2D eigenvalue weighted by molar-refractivity contribution is 0.104. The van der Waals surface area contributed by atoms with E-state index in [9.17, 15) is 4.79 Å². The standard InChI is InChI=1S/C19H14BrNO2S/c20-16-3-1-2-15(10-16)19(22)9-6-14-4-7-18(8-5-14)23-11-17-12-24-13-21-17/h1-10,12-13H,11H2/b9-6+. The van der Waals surface area contributed by atoms with E-state index in [1.807, 2.05) is 47.8 Å². The van der Waals surface area contributed by atoms with Crippen LogP contribution < -0.4 is 4.74 Å². The van der Waals surface area contributed by atoms with Gasteiger partial charge in [-0.2, -0.15) is 0 Å². The van der Waals surface area contributed by atoms with Gasteiger partial charge in [-0.15, -0.1) is 11.3 Å². The molecule has 1 aromatic heterocycles. The number of nitrogens with zero attached hydrogens (tertiary/aromatic N) is 1. The average Bonchev–Trinajstić information content (AvgIpc) is 3.12. The molecule has 5 heteroatoms. The third kappa shape index (κ3) is 4.63. The summed E-state index contributed by atoms with van der Waals surface area (Å²) < 4.78 is 6.55. The summed E-state index contributed by atoms with van der Waals surface area (Å²) in [5.41, 5.74) is 4.31. The molecule has 0 radical (unpaired) electrons. The predicted octanol–water partition coefficient (Wildman–Crippen LogP) is 5.38. The molecule has 0 amide bonds. The fraction of sp³-hybridized carbons (Fsp3) is 0.0526.